The highest BCUT2D eigenvalue weighted by molar-refractivity contribution is 6.83. The molecule has 3 nitrogen and oxygen atoms in total. The van der Waals surface area contributed by atoms with Crippen LogP contribution in [0.4, 0.5) is 0 Å². The molecule has 0 spiro atoms. The number of carboxylic acid groups (broad SMARTS) is 1. The molecule has 86 valence electrons. The molecule has 0 fully saturated rings. The Morgan fingerprint density at radius 3 is 2.40 bits per heavy atom. The minimum atomic E-state index is -1.26. The van der Waals surface area contributed by atoms with Crippen molar-refractivity contribution < 1.29 is 15.0 Å². The average Bonchev–Trinajstić information content (AvgIpc) is 2.08. The van der Waals surface area contributed by atoms with Gasteiger partial charge in [0.2, 0.25) is 0 Å². The maximum atomic E-state index is 10.3. The van der Waals surface area contributed by atoms with Crippen LogP contribution in [0.2, 0.25) is 19.6 Å². The lowest BCUT2D eigenvalue weighted by molar-refractivity contribution is -0.146. The van der Waals surface area contributed by atoms with E-state index < -0.39 is 20.1 Å². The van der Waals surface area contributed by atoms with E-state index in [1.54, 1.807) is 0 Å². The number of aliphatic hydroxyl groups excluding tert-OH is 1. The van der Waals surface area contributed by atoms with Crippen molar-refractivity contribution in [2.45, 2.75) is 51.4 Å². The smallest absolute Gasteiger partial charge is 0.332 e. The second-order valence-electron chi connectivity index (χ2n) is 4.65. The molecule has 4 heteroatoms. The van der Waals surface area contributed by atoms with Crippen LogP contribution >= 0.6 is 0 Å². The fourth-order valence-electron chi connectivity index (χ4n) is 1.00. The zero-order chi connectivity index (χ0) is 11.9. The van der Waals surface area contributed by atoms with Crippen molar-refractivity contribution in [3.8, 4) is 11.5 Å². The first kappa shape index (κ1) is 14.2. The third kappa shape index (κ3) is 9.51. The fourth-order valence-corrected chi connectivity index (χ4v) is 1.66. The minimum Gasteiger partial charge on any atom is -0.479 e. The summed E-state index contributed by atoms with van der Waals surface area (Å²) in [5.74, 6) is 1.98. The van der Waals surface area contributed by atoms with Crippen LogP contribution in [0.5, 0.6) is 0 Å². The Morgan fingerprint density at radius 1 is 1.33 bits per heavy atom. The van der Waals surface area contributed by atoms with Gasteiger partial charge in [0.1, 0.15) is 8.07 Å². The van der Waals surface area contributed by atoms with Gasteiger partial charge in [-0.05, 0) is 19.3 Å². The molecular weight excluding hydrogens is 208 g/mol. The van der Waals surface area contributed by atoms with Crippen LogP contribution in [0.15, 0.2) is 0 Å². The van der Waals surface area contributed by atoms with Crippen LogP contribution in [-0.4, -0.2) is 30.4 Å². The molecule has 0 saturated carbocycles. The summed E-state index contributed by atoms with van der Waals surface area (Å²) in [7, 11) is -1.26. The Balaban J connectivity index is 3.55. The summed E-state index contributed by atoms with van der Waals surface area (Å²) in [6, 6.07) is 0. The maximum absolute atomic E-state index is 10.3. The second-order valence-corrected chi connectivity index (χ2v) is 9.40. The largest absolute Gasteiger partial charge is 0.479 e. The van der Waals surface area contributed by atoms with E-state index >= 15 is 0 Å². The molecule has 15 heavy (non-hydrogen) atoms. The monoisotopic (exact) mass is 228 g/mol. The van der Waals surface area contributed by atoms with Gasteiger partial charge in [0.05, 0.1) is 0 Å². The number of aliphatic hydroxyl groups is 1. The lowest BCUT2D eigenvalue weighted by atomic mass is 10.1. The van der Waals surface area contributed by atoms with Gasteiger partial charge in [0.15, 0.2) is 6.10 Å². The van der Waals surface area contributed by atoms with Crippen molar-refractivity contribution >= 4 is 14.0 Å². The van der Waals surface area contributed by atoms with E-state index in [-0.39, 0.29) is 0 Å². The molecule has 0 bridgehead atoms. The summed E-state index contributed by atoms with van der Waals surface area (Å²) in [6.07, 6.45) is 1.49. The van der Waals surface area contributed by atoms with Gasteiger partial charge in [-0.1, -0.05) is 19.6 Å². The van der Waals surface area contributed by atoms with Gasteiger partial charge < -0.3 is 10.2 Å². The highest BCUT2D eigenvalue weighted by Gasteiger charge is 2.11. The summed E-state index contributed by atoms with van der Waals surface area (Å²) < 4.78 is 0. The summed E-state index contributed by atoms with van der Waals surface area (Å²) in [4.78, 5) is 10.3. The van der Waals surface area contributed by atoms with Gasteiger partial charge in [-0.15, -0.1) is 11.5 Å². The Morgan fingerprint density at radius 2 is 1.93 bits per heavy atom. The van der Waals surface area contributed by atoms with Crippen LogP contribution in [-0.2, 0) is 4.79 Å². The molecule has 0 aliphatic rings. The lowest BCUT2D eigenvalue weighted by Crippen LogP contribution is -2.18. The van der Waals surface area contributed by atoms with Crippen molar-refractivity contribution in [3.05, 3.63) is 0 Å². The van der Waals surface area contributed by atoms with Crippen LogP contribution < -0.4 is 0 Å². The zero-order valence-electron chi connectivity index (χ0n) is 9.71. The van der Waals surface area contributed by atoms with Gasteiger partial charge in [-0.25, -0.2) is 4.79 Å². The summed E-state index contributed by atoms with van der Waals surface area (Å²) >= 11 is 0. The van der Waals surface area contributed by atoms with E-state index in [4.69, 9.17) is 10.2 Å². The summed E-state index contributed by atoms with van der Waals surface area (Å²) in [5.41, 5.74) is 3.24. The first-order chi connectivity index (χ1) is 6.83. The number of aliphatic carboxylic acids is 1. The molecule has 0 aliphatic heterocycles. The van der Waals surface area contributed by atoms with Crippen molar-refractivity contribution in [2.24, 2.45) is 0 Å². The highest BCUT2D eigenvalue weighted by Crippen LogP contribution is 2.04. The van der Waals surface area contributed by atoms with Gasteiger partial charge in [0.25, 0.3) is 0 Å². The van der Waals surface area contributed by atoms with Gasteiger partial charge in [0, 0.05) is 6.42 Å². The molecule has 0 aliphatic carbocycles. The van der Waals surface area contributed by atoms with Crippen LogP contribution in [0.25, 0.3) is 0 Å². The first-order valence-electron chi connectivity index (χ1n) is 5.24. The predicted octanol–water partition coefficient (Wildman–Crippen LogP) is 1.87. The molecule has 0 radical (unpaired) electrons. The van der Waals surface area contributed by atoms with E-state index in [2.05, 4.69) is 31.1 Å². The quantitative estimate of drug-likeness (QED) is 0.429. The summed E-state index contributed by atoms with van der Waals surface area (Å²) in [5, 5.41) is 17.4. The number of carboxylic acids is 1. The molecule has 0 amide bonds. The van der Waals surface area contributed by atoms with E-state index in [9.17, 15) is 4.79 Å². The fraction of sp³-hybridized carbons (Fsp3) is 0.727. The van der Waals surface area contributed by atoms with E-state index in [1.165, 1.54) is 0 Å². The first-order valence-corrected chi connectivity index (χ1v) is 8.74. The normalized spacial score (nSPS) is 12.8. The molecule has 1 atom stereocenters. The Bertz CT molecular complexity index is 257. The van der Waals surface area contributed by atoms with Crippen LogP contribution in [0.3, 0.4) is 0 Å². The van der Waals surface area contributed by atoms with Crippen molar-refractivity contribution in [3.63, 3.8) is 0 Å². The Labute approximate surface area is 92.5 Å². The van der Waals surface area contributed by atoms with Gasteiger partial charge in [-0.3, -0.25) is 0 Å². The Hall–Kier alpha value is -0.793. The van der Waals surface area contributed by atoms with E-state index in [0.717, 1.165) is 12.8 Å². The van der Waals surface area contributed by atoms with E-state index in [1.807, 2.05) is 0 Å². The number of hydrogen-bond donors (Lipinski definition) is 2. The van der Waals surface area contributed by atoms with Crippen molar-refractivity contribution in [1.29, 1.82) is 0 Å². The zero-order valence-corrected chi connectivity index (χ0v) is 10.7. The maximum Gasteiger partial charge on any atom is 0.332 e. The van der Waals surface area contributed by atoms with Crippen LogP contribution in [0, 0.1) is 11.5 Å². The molecule has 0 aromatic heterocycles. The number of rotatable bonds is 5. The molecule has 0 aromatic rings. The Kier molecular flexibility index (Phi) is 6.30. The molecule has 0 rings (SSSR count). The standard InChI is InChI=1S/C11H20O3Si/c1-15(2,3)9-7-5-4-6-8-10(12)11(13)14/h10,12H,4-6,8H2,1-3H3,(H,13,14). The van der Waals surface area contributed by atoms with Gasteiger partial charge in [-0.2, -0.15) is 0 Å². The van der Waals surface area contributed by atoms with Crippen molar-refractivity contribution in [1.82, 2.24) is 0 Å². The molecule has 0 aromatic carbocycles. The minimum absolute atomic E-state index is 0.323. The predicted molar refractivity (Wildman–Crippen MR) is 63.2 cm³/mol. The number of hydrogen-bond acceptors (Lipinski definition) is 2. The average molecular weight is 228 g/mol. The molecule has 2 N–H and O–H groups in total. The molecule has 0 saturated heterocycles. The molecule has 0 heterocycles. The second kappa shape index (κ2) is 6.65. The lowest BCUT2D eigenvalue weighted by Gasteiger charge is -2.04. The summed E-state index contributed by atoms with van der Waals surface area (Å²) in [6.45, 7) is 6.57. The topological polar surface area (TPSA) is 57.5 Å². The molecular formula is C11H20O3Si. The number of carbonyl (C=O) groups is 1. The third-order valence-corrected chi connectivity index (χ3v) is 2.70. The van der Waals surface area contributed by atoms with Gasteiger partial charge >= 0.3 is 5.97 Å². The van der Waals surface area contributed by atoms with Crippen LogP contribution in [0.1, 0.15) is 25.7 Å². The molecule has 1 unspecified atom stereocenters. The van der Waals surface area contributed by atoms with Crippen molar-refractivity contribution in [2.75, 3.05) is 0 Å². The van der Waals surface area contributed by atoms with E-state index in [0.29, 0.717) is 12.8 Å². The highest BCUT2D eigenvalue weighted by atomic mass is 28.3. The number of unbranched alkanes of at least 4 members (excludes halogenated alkanes) is 2. The third-order valence-electron chi connectivity index (χ3n) is 1.78. The SMILES string of the molecule is C[Si](C)(C)C#CCCCCC(O)C(=O)O.